The van der Waals surface area contributed by atoms with Gasteiger partial charge in [0.05, 0.1) is 24.3 Å². The molecule has 3 rings (SSSR count). The maximum atomic E-state index is 13.3. The van der Waals surface area contributed by atoms with Crippen LogP contribution >= 0.6 is 15.9 Å². The maximum Gasteiger partial charge on any atom is 0.255 e. The summed E-state index contributed by atoms with van der Waals surface area (Å²) >= 11 is 3.31. The summed E-state index contributed by atoms with van der Waals surface area (Å²) in [6.45, 7) is 2.03. The molecule has 1 amide bonds. The van der Waals surface area contributed by atoms with Crippen LogP contribution in [0.3, 0.4) is 0 Å². The molecule has 33 heavy (non-hydrogen) atoms. The van der Waals surface area contributed by atoms with Crippen LogP contribution in [0.25, 0.3) is 0 Å². The van der Waals surface area contributed by atoms with Crippen LogP contribution in [-0.4, -0.2) is 38.0 Å². The average molecular weight is 530 g/mol. The molecular weight excluding hydrogens is 506 g/mol. The molecule has 0 saturated carbocycles. The minimum Gasteiger partial charge on any atom is -0.493 e. The van der Waals surface area contributed by atoms with E-state index in [9.17, 15) is 13.2 Å². The largest absolute Gasteiger partial charge is 0.493 e. The lowest BCUT2D eigenvalue weighted by Gasteiger charge is -2.21. The van der Waals surface area contributed by atoms with Gasteiger partial charge < -0.3 is 4.74 Å². The van der Waals surface area contributed by atoms with E-state index in [0.717, 1.165) is 14.3 Å². The van der Waals surface area contributed by atoms with Crippen LogP contribution in [0.1, 0.15) is 18.1 Å². The quantitative estimate of drug-likeness (QED) is 0.315. The minimum absolute atomic E-state index is 0.0452. The number of hydrogen-bond acceptors (Lipinski definition) is 5. The van der Waals surface area contributed by atoms with Gasteiger partial charge in [-0.2, -0.15) is 9.41 Å². The van der Waals surface area contributed by atoms with Crippen LogP contribution in [-0.2, 0) is 21.4 Å². The van der Waals surface area contributed by atoms with E-state index in [1.807, 2.05) is 49.4 Å². The van der Waals surface area contributed by atoms with Crippen molar-refractivity contribution < 1.29 is 17.9 Å². The predicted octanol–water partition coefficient (Wildman–Crippen LogP) is 4.19. The lowest BCUT2D eigenvalue weighted by molar-refractivity contribution is -0.121. The number of sulfonamides is 1. The Morgan fingerprint density at radius 1 is 1.03 bits per heavy atom. The lowest BCUT2D eigenvalue weighted by Crippen LogP contribution is -2.39. The van der Waals surface area contributed by atoms with Gasteiger partial charge in [0.1, 0.15) is 5.75 Å². The molecule has 0 fully saturated rings. The fourth-order valence-electron chi connectivity index (χ4n) is 3.01. The summed E-state index contributed by atoms with van der Waals surface area (Å²) in [5.74, 6) is 0.0817. The first-order chi connectivity index (χ1) is 15.9. The third-order valence-corrected chi connectivity index (χ3v) is 6.92. The second-order valence-corrected chi connectivity index (χ2v) is 9.83. The predicted molar refractivity (Wildman–Crippen MR) is 132 cm³/mol. The highest BCUT2D eigenvalue weighted by Crippen LogP contribution is 2.21. The fraction of sp³-hybridized carbons (Fsp3) is 0.167. The number of carbonyl (C=O) groups is 1. The van der Waals surface area contributed by atoms with Crippen molar-refractivity contribution in [1.82, 2.24) is 9.73 Å². The van der Waals surface area contributed by atoms with Crippen LogP contribution in [0.5, 0.6) is 5.75 Å². The van der Waals surface area contributed by atoms with Gasteiger partial charge in [0.25, 0.3) is 5.91 Å². The van der Waals surface area contributed by atoms with E-state index in [-0.39, 0.29) is 11.4 Å². The van der Waals surface area contributed by atoms with Crippen molar-refractivity contribution in [2.24, 2.45) is 5.10 Å². The number of carbonyl (C=O) groups excluding carboxylic acids is 1. The normalized spacial score (nSPS) is 11.6. The molecule has 3 aromatic carbocycles. The van der Waals surface area contributed by atoms with Gasteiger partial charge in [-0.15, -0.1) is 0 Å². The van der Waals surface area contributed by atoms with E-state index in [1.54, 1.807) is 24.3 Å². The Morgan fingerprint density at radius 3 is 2.39 bits per heavy atom. The molecule has 172 valence electrons. The number of benzene rings is 3. The molecule has 0 unspecified atom stereocenters. The van der Waals surface area contributed by atoms with Crippen LogP contribution in [0.4, 0.5) is 0 Å². The molecule has 0 saturated heterocycles. The van der Waals surface area contributed by atoms with Gasteiger partial charge in [0.15, 0.2) is 0 Å². The molecule has 0 aromatic heterocycles. The molecule has 0 bridgehead atoms. The lowest BCUT2D eigenvalue weighted by atomic mass is 10.2. The maximum absolute atomic E-state index is 13.3. The molecule has 0 aliphatic rings. The summed E-state index contributed by atoms with van der Waals surface area (Å²) < 4.78 is 34.0. The molecule has 0 aliphatic heterocycles. The molecule has 0 spiro atoms. The number of nitrogens with zero attached hydrogens (tertiary/aromatic N) is 2. The zero-order chi connectivity index (χ0) is 23.7. The zero-order valence-electron chi connectivity index (χ0n) is 18.0. The number of amides is 1. The van der Waals surface area contributed by atoms with E-state index >= 15 is 0 Å². The van der Waals surface area contributed by atoms with E-state index in [1.165, 1.54) is 18.3 Å². The molecule has 0 atom stereocenters. The molecule has 9 heteroatoms. The number of halogens is 1. The standard InChI is InChI=1S/C24H24BrN3O4S/c1-2-32-23-11-7-6-10-20(23)16-26-27-24(29)18-28(17-19-8-4-3-5-9-19)33(30,31)22-14-12-21(25)13-15-22/h3-16H,2,17-18H2,1H3,(H,27,29)/b26-16-. The van der Waals surface area contributed by atoms with E-state index in [0.29, 0.717) is 17.9 Å². The SMILES string of the molecule is CCOc1ccccc1/C=N\NC(=O)CN(Cc1ccccc1)S(=O)(=O)c1ccc(Br)cc1. The monoisotopic (exact) mass is 529 g/mol. The molecular formula is C24H24BrN3O4S. The highest BCUT2D eigenvalue weighted by atomic mass is 79.9. The third kappa shape index (κ3) is 6.98. The smallest absolute Gasteiger partial charge is 0.255 e. The van der Waals surface area contributed by atoms with Crippen LogP contribution in [0.2, 0.25) is 0 Å². The summed E-state index contributed by atoms with van der Waals surface area (Å²) in [7, 11) is -3.92. The van der Waals surface area contributed by atoms with Gasteiger partial charge in [-0.05, 0) is 48.9 Å². The summed E-state index contributed by atoms with van der Waals surface area (Å²) in [4.78, 5) is 12.7. The number of ether oxygens (including phenoxy) is 1. The Balaban J connectivity index is 1.77. The Labute approximate surface area is 202 Å². The van der Waals surface area contributed by atoms with Crippen molar-refractivity contribution >= 4 is 38.1 Å². The number of rotatable bonds is 10. The first-order valence-electron chi connectivity index (χ1n) is 10.2. The van der Waals surface area contributed by atoms with Gasteiger partial charge in [0, 0.05) is 16.6 Å². The van der Waals surface area contributed by atoms with Crippen LogP contribution in [0.15, 0.2) is 93.3 Å². The van der Waals surface area contributed by atoms with Crippen molar-refractivity contribution in [3.8, 4) is 5.75 Å². The number of para-hydroxylation sites is 1. The van der Waals surface area contributed by atoms with E-state index in [4.69, 9.17) is 4.74 Å². The highest BCUT2D eigenvalue weighted by molar-refractivity contribution is 9.10. The average Bonchev–Trinajstić information content (AvgIpc) is 2.81. The van der Waals surface area contributed by atoms with Gasteiger partial charge in [-0.25, -0.2) is 13.8 Å². The first kappa shape index (κ1) is 24.6. The van der Waals surface area contributed by atoms with E-state index < -0.39 is 22.5 Å². The van der Waals surface area contributed by atoms with Crippen molar-refractivity contribution in [2.75, 3.05) is 13.2 Å². The summed E-state index contributed by atoms with van der Waals surface area (Å²) in [5, 5.41) is 3.98. The van der Waals surface area contributed by atoms with Gasteiger partial charge in [0.2, 0.25) is 10.0 Å². The molecule has 3 aromatic rings. The Morgan fingerprint density at radius 2 is 1.70 bits per heavy atom. The van der Waals surface area contributed by atoms with Gasteiger partial charge in [-0.3, -0.25) is 4.79 Å². The van der Waals surface area contributed by atoms with Crippen molar-refractivity contribution in [3.63, 3.8) is 0 Å². The van der Waals surface area contributed by atoms with Crippen LogP contribution < -0.4 is 10.2 Å². The first-order valence-corrected chi connectivity index (χ1v) is 12.5. The highest BCUT2D eigenvalue weighted by Gasteiger charge is 2.27. The molecule has 0 heterocycles. The Kier molecular flexibility index (Phi) is 8.76. The summed E-state index contributed by atoms with van der Waals surface area (Å²) in [6.07, 6.45) is 1.47. The Hall–Kier alpha value is -3.01. The minimum atomic E-state index is -3.92. The molecule has 0 radical (unpaired) electrons. The molecule has 1 N–H and O–H groups in total. The zero-order valence-corrected chi connectivity index (χ0v) is 20.4. The number of hydrogen-bond donors (Lipinski definition) is 1. The van der Waals surface area contributed by atoms with Crippen molar-refractivity contribution in [1.29, 1.82) is 0 Å². The second-order valence-electron chi connectivity index (χ2n) is 6.98. The van der Waals surface area contributed by atoms with Crippen LogP contribution in [0, 0.1) is 0 Å². The Bertz CT molecular complexity index is 1200. The van der Waals surface area contributed by atoms with Crippen molar-refractivity contribution in [3.05, 3.63) is 94.5 Å². The molecule has 0 aliphatic carbocycles. The number of hydrazone groups is 1. The summed E-state index contributed by atoms with van der Waals surface area (Å²) in [6, 6.07) is 22.7. The topological polar surface area (TPSA) is 88.1 Å². The second kappa shape index (κ2) is 11.7. The van der Waals surface area contributed by atoms with Crippen molar-refractivity contribution in [2.45, 2.75) is 18.4 Å². The van der Waals surface area contributed by atoms with E-state index in [2.05, 4.69) is 26.5 Å². The summed E-state index contributed by atoms with van der Waals surface area (Å²) in [5.41, 5.74) is 3.87. The van der Waals surface area contributed by atoms with Gasteiger partial charge >= 0.3 is 0 Å². The third-order valence-electron chi connectivity index (χ3n) is 4.58. The molecule has 7 nitrogen and oxygen atoms in total. The fourth-order valence-corrected chi connectivity index (χ4v) is 4.66. The number of nitrogens with one attached hydrogen (secondary N) is 1. The van der Waals surface area contributed by atoms with Gasteiger partial charge in [-0.1, -0.05) is 58.4 Å².